The number of rotatable bonds is 3. The van der Waals surface area contributed by atoms with Crippen LogP contribution in [0.3, 0.4) is 0 Å². The Kier molecular flexibility index (Phi) is 3.62. The number of Topliss-reactive ketones (excluding diaryl/α,β-unsaturated/α-hetero) is 2. The molecule has 2 aromatic rings. The quantitative estimate of drug-likeness (QED) is 0.853. The lowest BCUT2D eigenvalue weighted by atomic mass is 9.91. The molecular weight excluding hydrogens is 292 g/mol. The van der Waals surface area contributed by atoms with Crippen molar-refractivity contribution in [3.8, 4) is 0 Å². The van der Waals surface area contributed by atoms with Gasteiger partial charge in [0.05, 0.1) is 0 Å². The van der Waals surface area contributed by atoms with Gasteiger partial charge in [-0.15, -0.1) is 0 Å². The number of nitrogens with zero attached hydrogens (tertiary/aromatic N) is 1. The summed E-state index contributed by atoms with van der Waals surface area (Å²) in [5.41, 5.74) is 2.13. The minimum absolute atomic E-state index is 0.0914. The molecular formula is C18H16N2O3. The second kappa shape index (κ2) is 5.61. The Bertz CT molecular complexity index is 820. The molecule has 0 atom stereocenters. The van der Waals surface area contributed by atoms with Crippen molar-refractivity contribution in [2.24, 2.45) is 0 Å². The molecule has 5 heteroatoms. The summed E-state index contributed by atoms with van der Waals surface area (Å²) in [6.07, 6.45) is 0. The molecule has 0 aliphatic heterocycles. The minimum atomic E-state index is -0.738. The molecule has 2 N–H and O–H groups in total. The van der Waals surface area contributed by atoms with E-state index in [-0.39, 0.29) is 17.0 Å². The van der Waals surface area contributed by atoms with E-state index in [4.69, 9.17) is 0 Å². The number of nitrogens with one attached hydrogen (secondary N) is 1. The van der Waals surface area contributed by atoms with Crippen LogP contribution in [0.5, 0.6) is 0 Å². The second-order valence-electron chi connectivity index (χ2n) is 5.49. The maximum Gasteiger partial charge on any atom is 0.253 e. The molecule has 0 saturated carbocycles. The fourth-order valence-electron chi connectivity index (χ4n) is 2.47. The smallest absolute Gasteiger partial charge is 0.253 e. The molecule has 0 heterocycles. The van der Waals surface area contributed by atoms with Crippen LogP contribution in [0.1, 0.15) is 15.9 Å². The second-order valence-corrected chi connectivity index (χ2v) is 5.49. The Morgan fingerprint density at radius 3 is 2.09 bits per heavy atom. The molecule has 0 radical (unpaired) electrons. The first-order valence-corrected chi connectivity index (χ1v) is 7.15. The van der Waals surface area contributed by atoms with Gasteiger partial charge in [0, 0.05) is 36.6 Å². The summed E-state index contributed by atoms with van der Waals surface area (Å²) < 4.78 is 0. The fraction of sp³-hybridized carbons (Fsp3) is 0.111. The highest BCUT2D eigenvalue weighted by molar-refractivity contribution is 6.52. The Balaban J connectivity index is 1.98. The highest BCUT2D eigenvalue weighted by Gasteiger charge is 2.32. The largest absolute Gasteiger partial charge is 0.505 e. The van der Waals surface area contributed by atoms with Crippen LogP contribution >= 0.6 is 0 Å². The fourth-order valence-corrected chi connectivity index (χ4v) is 2.47. The molecule has 3 rings (SSSR count). The summed E-state index contributed by atoms with van der Waals surface area (Å²) in [5, 5.41) is 13.2. The van der Waals surface area contributed by atoms with E-state index in [0.29, 0.717) is 11.3 Å². The van der Waals surface area contributed by atoms with Crippen LogP contribution in [-0.4, -0.2) is 30.8 Å². The minimum Gasteiger partial charge on any atom is -0.505 e. The zero-order chi connectivity index (χ0) is 16.6. The van der Waals surface area contributed by atoms with Crippen molar-refractivity contribution in [3.63, 3.8) is 0 Å². The average Bonchev–Trinajstić information content (AvgIpc) is 2.57. The highest BCUT2D eigenvalue weighted by Crippen LogP contribution is 2.28. The van der Waals surface area contributed by atoms with Crippen LogP contribution in [0, 0.1) is 0 Å². The summed E-state index contributed by atoms with van der Waals surface area (Å²) in [5.74, 6) is -1.56. The molecule has 0 spiro atoms. The van der Waals surface area contributed by atoms with Crippen LogP contribution in [0.2, 0.25) is 0 Å². The van der Waals surface area contributed by atoms with Crippen molar-refractivity contribution >= 4 is 28.7 Å². The van der Waals surface area contributed by atoms with Crippen LogP contribution in [0.15, 0.2) is 54.2 Å². The molecule has 2 aromatic carbocycles. The van der Waals surface area contributed by atoms with E-state index in [9.17, 15) is 14.7 Å². The van der Waals surface area contributed by atoms with Crippen LogP contribution in [0.25, 0.3) is 5.76 Å². The Morgan fingerprint density at radius 2 is 1.48 bits per heavy atom. The van der Waals surface area contributed by atoms with E-state index in [0.717, 1.165) is 5.69 Å². The summed E-state index contributed by atoms with van der Waals surface area (Å²) >= 11 is 0. The van der Waals surface area contributed by atoms with E-state index >= 15 is 0 Å². The van der Waals surface area contributed by atoms with Gasteiger partial charge < -0.3 is 15.3 Å². The SMILES string of the molecule is CN(C)c1ccc(NC2=C(O)c3ccccc3C(=O)C2=O)cc1. The topological polar surface area (TPSA) is 69.6 Å². The zero-order valence-electron chi connectivity index (χ0n) is 12.8. The van der Waals surface area contributed by atoms with Crippen molar-refractivity contribution in [2.75, 3.05) is 24.3 Å². The average molecular weight is 308 g/mol. The number of fused-ring (bicyclic) bond motifs is 1. The maximum absolute atomic E-state index is 12.2. The highest BCUT2D eigenvalue weighted by atomic mass is 16.3. The van der Waals surface area contributed by atoms with Crippen molar-refractivity contribution < 1.29 is 14.7 Å². The third-order valence-electron chi connectivity index (χ3n) is 3.75. The third kappa shape index (κ3) is 2.57. The molecule has 0 bridgehead atoms. The predicted molar refractivity (Wildman–Crippen MR) is 89.7 cm³/mol. The maximum atomic E-state index is 12.2. The number of allylic oxidation sites excluding steroid dienone is 1. The van der Waals surface area contributed by atoms with Crippen molar-refractivity contribution in [1.82, 2.24) is 0 Å². The zero-order valence-corrected chi connectivity index (χ0v) is 12.8. The summed E-state index contributed by atoms with van der Waals surface area (Å²) in [6, 6.07) is 13.9. The van der Waals surface area contributed by atoms with Crippen molar-refractivity contribution in [3.05, 3.63) is 65.4 Å². The van der Waals surface area contributed by atoms with E-state index in [2.05, 4.69) is 5.32 Å². The van der Waals surface area contributed by atoms with Crippen LogP contribution in [-0.2, 0) is 4.79 Å². The standard InChI is InChI=1S/C18H16N2O3/c1-20(2)12-9-7-11(8-10-12)19-15-16(21)13-5-3-4-6-14(13)17(22)18(15)23/h3-10,19,21H,1-2H3. The number of anilines is 2. The number of carbonyl (C=O) groups excluding carboxylic acids is 2. The van der Waals surface area contributed by atoms with Gasteiger partial charge in [-0.2, -0.15) is 0 Å². The van der Waals surface area contributed by atoms with E-state index in [1.165, 1.54) is 6.07 Å². The van der Waals surface area contributed by atoms with Gasteiger partial charge in [-0.25, -0.2) is 0 Å². The molecule has 116 valence electrons. The van der Waals surface area contributed by atoms with Gasteiger partial charge in [-0.05, 0) is 24.3 Å². The monoisotopic (exact) mass is 308 g/mol. The first kappa shape index (κ1) is 14.8. The van der Waals surface area contributed by atoms with E-state index in [1.54, 1.807) is 30.3 Å². The summed E-state index contributed by atoms with van der Waals surface area (Å²) in [7, 11) is 3.86. The molecule has 1 aliphatic carbocycles. The molecule has 0 fully saturated rings. The molecule has 1 aliphatic rings. The van der Waals surface area contributed by atoms with E-state index < -0.39 is 11.6 Å². The third-order valence-corrected chi connectivity index (χ3v) is 3.75. The number of aliphatic hydroxyl groups excluding tert-OH is 1. The first-order chi connectivity index (χ1) is 11.0. The lowest BCUT2D eigenvalue weighted by Crippen LogP contribution is -2.27. The van der Waals surface area contributed by atoms with Crippen LogP contribution < -0.4 is 10.2 Å². The van der Waals surface area contributed by atoms with Gasteiger partial charge in [0.25, 0.3) is 5.78 Å². The molecule has 0 unspecified atom stereocenters. The lowest BCUT2D eigenvalue weighted by molar-refractivity contribution is -0.111. The van der Waals surface area contributed by atoms with Gasteiger partial charge in [-0.3, -0.25) is 9.59 Å². The summed E-state index contributed by atoms with van der Waals surface area (Å²) in [6.45, 7) is 0. The van der Waals surface area contributed by atoms with Gasteiger partial charge in [-0.1, -0.05) is 24.3 Å². The Morgan fingerprint density at radius 1 is 0.870 bits per heavy atom. The Hall–Kier alpha value is -3.08. The number of hydrogen-bond donors (Lipinski definition) is 2. The van der Waals surface area contributed by atoms with Gasteiger partial charge >= 0.3 is 0 Å². The first-order valence-electron chi connectivity index (χ1n) is 7.15. The number of ketones is 2. The lowest BCUT2D eigenvalue weighted by Gasteiger charge is -2.19. The molecule has 23 heavy (non-hydrogen) atoms. The van der Waals surface area contributed by atoms with Crippen molar-refractivity contribution in [1.29, 1.82) is 0 Å². The summed E-state index contributed by atoms with van der Waals surface area (Å²) in [4.78, 5) is 26.4. The molecule has 0 aromatic heterocycles. The molecule has 5 nitrogen and oxygen atoms in total. The number of hydrogen-bond acceptors (Lipinski definition) is 5. The Labute approximate surface area is 133 Å². The van der Waals surface area contributed by atoms with E-state index in [1.807, 2.05) is 31.1 Å². The number of aliphatic hydroxyl groups is 1. The van der Waals surface area contributed by atoms with Crippen molar-refractivity contribution in [2.45, 2.75) is 0 Å². The number of carbonyl (C=O) groups is 2. The molecule has 0 saturated heterocycles. The van der Waals surface area contributed by atoms with Gasteiger partial charge in [0.15, 0.2) is 5.76 Å². The normalized spacial score (nSPS) is 13.8. The molecule has 0 amide bonds. The number of benzene rings is 2. The van der Waals surface area contributed by atoms with Gasteiger partial charge in [0.1, 0.15) is 5.70 Å². The van der Waals surface area contributed by atoms with Gasteiger partial charge in [0.2, 0.25) is 5.78 Å². The predicted octanol–water partition coefficient (Wildman–Crippen LogP) is 2.86. The van der Waals surface area contributed by atoms with Crippen LogP contribution in [0.4, 0.5) is 11.4 Å².